The van der Waals surface area contributed by atoms with Gasteiger partial charge in [0.05, 0.1) is 11.6 Å². The summed E-state index contributed by atoms with van der Waals surface area (Å²) < 4.78 is 18.5. The average molecular weight is 378 g/mol. The molecule has 8 heteroatoms. The Bertz CT molecular complexity index is 730. The van der Waals surface area contributed by atoms with Crippen molar-refractivity contribution in [3.8, 4) is 5.88 Å². The Labute approximate surface area is 157 Å². The molecule has 0 radical (unpaired) electrons. The maximum absolute atomic E-state index is 13.0. The van der Waals surface area contributed by atoms with Crippen molar-refractivity contribution in [3.05, 3.63) is 53.4 Å². The van der Waals surface area contributed by atoms with E-state index >= 15 is 0 Å². The molecule has 6 nitrogen and oxygen atoms in total. The number of rotatable bonds is 5. The van der Waals surface area contributed by atoms with E-state index in [4.69, 9.17) is 22.1 Å². The standard InChI is InChI=1S/C18H21ClFN5O/c19-14-1-6-17(23-13-14)26-12-7-22-18(21)25-10-8-24(9-11-25)16-4-2-15(20)3-5-16/h1-6,13H,7-12H2,(H2,21,22). The summed E-state index contributed by atoms with van der Waals surface area (Å²) in [5, 5.41) is 0.569. The quantitative estimate of drug-likeness (QED) is 0.492. The molecule has 1 fully saturated rings. The number of benzene rings is 1. The summed E-state index contributed by atoms with van der Waals surface area (Å²) >= 11 is 5.77. The molecule has 2 heterocycles. The van der Waals surface area contributed by atoms with E-state index < -0.39 is 0 Å². The molecule has 1 aliphatic rings. The van der Waals surface area contributed by atoms with Crippen LogP contribution in [-0.4, -0.2) is 55.2 Å². The van der Waals surface area contributed by atoms with Crippen LogP contribution in [0.4, 0.5) is 10.1 Å². The molecule has 0 aliphatic carbocycles. The number of nitrogens with zero attached hydrogens (tertiary/aromatic N) is 4. The summed E-state index contributed by atoms with van der Waals surface area (Å²) in [7, 11) is 0. The van der Waals surface area contributed by atoms with Gasteiger partial charge < -0.3 is 20.3 Å². The SMILES string of the molecule is NC(=NCCOc1ccc(Cl)cn1)N1CCN(c2ccc(F)cc2)CC1. The third-order valence-corrected chi connectivity index (χ3v) is 4.33. The van der Waals surface area contributed by atoms with Crippen molar-refractivity contribution >= 4 is 23.2 Å². The third-order valence-electron chi connectivity index (χ3n) is 4.11. The topological polar surface area (TPSA) is 67.0 Å². The van der Waals surface area contributed by atoms with Crippen LogP contribution in [0.1, 0.15) is 0 Å². The molecule has 0 saturated carbocycles. The fourth-order valence-electron chi connectivity index (χ4n) is 2.70. The largest absolute Gasteiger partial charge is 0.476 e. The van der Waals surface area contributed by atoms with Crippen molar-refractivity contribution in [2.45, 2.75) is 0 Å². The van der Waals surface area contributed by atoms with Gasteiger partial charge in [0, 0.05) is 44.1 Å². The number of aromatic nitrogens is 1. The van der Waals surface area contributed by atoms with Gasteiger partial charge in [-0.15, -0.1) is 0 Å². The molecule has 0 unspecified atom stereocenters. The zero-order valence-corrected chi connectivity index (χ0v) is 15.1. The van der Waals surface area contributed by atoms with Gasteiger partial charge in [-0.2, -0.15) is 0 Å². The number of anilines is 1. The summed E-state index contributed by atoms with van der Waals surface area (Å²) in [6.07, 6.45) is 1.54. The smallest absolute Gasteiger partial charge is 0.213 e. The summed E-state index contributed by atoms with van der Waals surface area (Å²) in [5.41, 5.74) is 7.09. The fraction of sp³-hybridized carbons (Fsp3) is 0.333. The first-order valence-corrected chi connectivity index (χ1v) is 8.79. The number of ether oxygens (including phenoxy) is 1. The van der Waals surface area contributed by atoms with E-state index in [1.165, 1.54) is 18.3 Å². The highest BCUT2D eigenvalue weighted by atomic mass is 35.5. The monoisotopic (exact) mass is 377 g/mol. The lowest BCUT2D eigenvalue weighted by atomic mass is 10.2. The van der Waals surface area contributed by atoms with Crippen LogP contribution in [0.3, 0.4) is 0 Å². The number of piperazine rings is 1. The van der Waals surface area contributed by atoms with Crippen molar-refractivity contribution in [1.29, 1.82) is 0 Å². The Morgan fingerprint density at radius 2 is 1.88 bits per heavy atom. The lowest BCUT2D eigenvalue weighted by molar-refractivity contribution is 0.314. The Balaban J connectivity index is 1.42. The lowest BCUT2D eigenvalue weighted by Crippen LogP contribution is -2.51. The van der Waals surface area contributed by atoms with Gasteiger partial charge in [0.15, 0.2) is 5.96 Å². The number of halogens is 2. The van der Waals surface area contributed by atoms with Gasteiger partial charge in [-0.25, -0.2) is 14.4 Å². The van der Waals surface area contributed by atoms with Crippen molar-refractivity contribution in [2.75, 3.05) is 44.2 Å². The number of guanidine groups is 1. The van der Waals surface area contributed by atoms with Gasteiger partial charge in [0.2, 0.25) is 5.88 Å². The highest BCUT2D eigenvalue weighted by Crippen LogP contribution is 2.16. The molecule has 0 atom stereocenters. The second kappa shape index (κ2) is 8.71. The predicted octanol–water partition coefficient (Wildman–Crippen LogP) is 2.39. The molecule has 0 amide bonds. The number of aliphatic imine (C=N–C) groups is 1. The van der Waals surface area contributed by atoms with Gasteiger partial charge in [0.1, 0.15) is 12.4 Å². The normalized spacial score (nSPS) is 15.2. The van der Waals surface area contributed by atoms with Gasteiger partial charge in [-0.05, 0) is 30.3 Å². The Kier molecular flexibility index (Phi) is 6.12. The highest BCUT2D eigenvalue weighted by Gasteiger charge is 2.18. The number of hydrogen-bond acceptors (Lipinski definition) is 4. The van der Waals surface area contributed by atoms with E-state index in [0.717, 1.165) is 31.9 Å². The maximum Gasteiger partial charge on any atom is 0.213 e. The number of pyridine rings is 1. The van der Waals surface area contributed by atoms with E-state index in [1.807, 2.05) is 4.90 Å². The van der Waals surface area contributed by atoms with Crippen LogP contribution in [0.25, 0.3) is 0 Å². The average Bonchev–Trinajstić information content (AvgIpc) is 2.67. The Hall–Kier alpha value is -2.54. The summed E-state index contributed by atoms with van der Waals surface area (Å²) in [6, 6.07) is 9.99. The van der Waals surface area contributed by atoms with Crippen LogP contribution >= 0.6 is 11.6 Å². The van der Waals surface area contributed by atoms with Crippen molar-refractivity contribution in [3.63, 3.8) is 0 Å². The zero-order chi connectivity index (χ0) is 18.4. The third kappa shape index (κ3) is 4.98. The van der Waals surface area contributed by atoms with Crippen LogP contribution in [-0.2, 0) is 0 Å². The number of hydrogen-bond donors (Lipinski definition) is 1. The molecule has 138 valence electrons. The first kappa shape index (κ1) is 18.3. The molecular formula is C18H21ClFN5O. The minimum Gasteiger partial charge on any atom is -0.476 e. The predicted molar refractivity (Wildman–Crippen MR) is 101 cm³/mol. The summed E-state index contributed by atoms with van der Waals surface area (Å²) in [5.74, 6) is 0.798. The molecule has 0 spiro atoms. The van der Waals surface area contributed by atoms with Crippen LogP contribution in [0, 0.1) is 5.82 Å². The molecule has 26 heavy (non-hydrogen) atoms. The van der Waals surface area contributed by atoms with Gasteiger partial charge in [0.25, 0.3) is 0 Å². The Morgan fingerprint density at radius 3 is 2.54 bits per heavy atom. The van der Waals surface area contributed by atoms with Crippen LogP contribution in [0.2, 0.25) is 5.02 Å². The molecule has 1 aromatic heterocycles. The van der Waals surface area contributed by atoms with E-state index in [9.17, 15) is 4.39 Å². The second-order valence-electron chi connectivity index (χ2n) is 5.85. The molecule has 1 aromatic carbocycles. The highest BCUT2D eigenvalue weighted by molar-refractivity contribution is 6.30. The second-order valence-corrected chi connectivity index (χ2v) is 6.29. The minimum absolute atomic E-state index is 0.222. The van der Waals surface area contributed by atoms with E-state index in [1.54, 1.807) is 24.3 Å². The number of nitrogens with two attached hydrogens (primary N) is 1. The maximum atomic E-state index is 13.0. The molecule has 2 N–H and O–H groups in total. The molecule has 3 rings (SSSR count). The van der Waals surface area contributed by atoms with Crippen LogP contribution in [0.5, 0.6) is 5.88 Å². The Morgan fingerprint density at radius 1 is 1.15 bits per heavy atom. The molecular weight excluding hydrogens is 357 g/mol. The molecule has 2 aromatic rings. The van der Waals surface area contributed by atoms with E-state index in [0.29, 0.717) is 30.0 Å². The summed E-state index contributed by atoms with van der Waals surface area (Å²) in [6.45, 7) is 4.01. The van der Waals surface area contributed by atoms with Crippen LogP contribution in [0.15, 0.2) is 47.6 Å². The van der Waals surface area contributed by atoms with Gasteiger partial charge >= 0.3 is 0 Å². The van der Waals surface area contributed by atoms with Gasteiger partial charge in [-0.3, -0.25) is 0 Å². The fourth-order valence-corrected chi connectivity index (χ4v) is 2.82. The van der Waals surface area contributed by atoms with Gasteiger partial charge in [-0.1, -0.05) is 11.6 Å². The van der Waals surface area contributed by atoms with E-state index in [2.05, 4.69) is 14.9 Å². The minimum atomic E-state index is -0.222. The van der Waals surface area contributed by atoms with Crippen molar-refractivity contribution in [2.24, 2.45) is 10.7 Å². The van der Waals surface area contributed by atoms with Crippen LogP contribution < -0.4 is 15.4 Å². The molecule has 1 aliphatic heterocycles. The van der Waals surface area contributed by atoms with Crippen molar-refractivity contribution < 1.29 is 9.13 Å². The molecule has 0 bridgehead atoms. The molecule has 1 saturated heterocycles. The zero-order valence-electron chi connectivity index (χ0n) is 14.3. The summed E-state index contributed by atoms with van der Waals surface area (Å²) in [4.78, 5) is 12.7. The lowest BCUT2D eigenvalue weighted by Gasteiger charge is -2.36. The first-order valence-electron chi connectivity index (χ1n) is 8.41. The van der Waals surface area contributed by atoms with Crippen molar-refractivity contribution in [1.82, 2.24) is 9.88 Å². The first-order chi connectivity index (χ1) is 12.6. The van der Waals surface area contributed by atoms with E-state index in [-0.39, 0.29) is 5.82 Å².